The number of carbonyl (C=O) groups is 2. The van der Waals surface area contributed by atoms with Gasteiger partial charge in [0.2, 0.25) is 0 Å². The van der Waals surface area contributed by atoms with Crippen molar-refractivity contribution in [1.29, 1.82) is 0 Å². The van der Waals surface area contributed by atoms with E-state index in [-0.39, 0.29) is 18.3 Å². The van der Waals surface area contributed by atoms with Crippen LogP contribution < -0.4 is 0 Å². The normalized spacial score (nSPS) is 14.4. The van der Waals surface area contributed by atoms with Gasteiger partial charge in [0.25, 0.3) is 0 Å². The van der Waals surface area contributed by atoms with E-state index in [0.717, 1.165) is 0 Å². The zero-order chi connectivity index (χ0) is 12.7. The number of rotatable bonds is 6. The van der Waals surface area contributed by atoms with Gasteiger partial charge >= 0.3 is 11.9 Å². The molecule has 0 aliphatic rings. The Morgan fingerprint density at radius 1 is 1.19 bits per heavy atom. The third-order valence-electron chi connectivity index (χ3n) is 2.27. The molecule has 94 valence electrons. The SMILES string of the molecule is COC(=O)CC(CC(C)C)C(Cl)C(=O)OC. The summed E-state index contributed by atoms with van der Waals surface area (Å²) in [5.74, 6) is -0.765. The fourth-order valence-electron chi connectivity index (χ4n) is 1.51. The average Bonchev–Trinajstić information content (AvgIpc) is 2.25. The summed E-state index contributed by atoms with van der Waals surface area (Å²) in [7, 11) is 2.60. The van der Waals surface area contributed by atoms with Crippen LogP contribution in [0.15, 0.2) is 0 Å². The number of carbonyl (C=O) groups excluding carboxylic acids is 2. The van der Waals surface area contributed by atoms with Crippen molar-refractivity contribution in [1.82, 2.24) is 0 Å². The molecule has 0 rings (SSSR count). The maximum Gasteiger partial charge on any atom is 0.324 e. The van der Waals surface area contributed by atoms with Gasteiger partial charge in [-0.05, 0) is 18.3 Å². The highest BCUT2D eigenvalue weighted by atomic mass is 35.5. The summed E-state index contributed by atoms with van der Waals surface area (Å²) >= 11 is 5.96. The molecule has 0 aromatic rings. The Labute approximate surface area is 101 Å². The molecule has 0 spiro atoms. The summed E-state index contributed by atoms with van der Waals surface area (Å²) in [5, 5.41) is -0.800. The van der Waals surface area contributed by atoms with E-state index in [1.165, 1.54) is 14.2 Å². The molecule has 0 heterocycles. The van der Waals surface area contributed by atoms with Gasteiger partial charge in [0.15, 0.2) is 0 Å². The van der Waals surface area contributed by atoms with Crippen molar-refractivity contribution in [2.45, 2.75) is 32.1 Å². The van der Waals surface area contributed by atoms with Gasteiger partial charge in [-0.1, -0.05) is 13.8 Å². The number of hydrogen-bond donors (Lipinski definition) is 0. The Balaban J connectivity index is 4.52. The molecule has 0 aromatic carbocycles. The van der Waals surface area contributed by atoms with Gasteiger partial charge in [-0.2, -0.15) is 0 Å². The number of alkyl halides is 1. The summed E-state index contributed by atoms with van der Waals surface area (Å²) in [6.07, 6.45) is 0.816. The topological polar surface area (TPSA) is 52.6 Å². The van der Waals surface area contributed by atoms with E-state index in [1.807, 2.05) is 13.8 Å². The molecular weight excluding hydrogens is 232 g/mol. The molecule has 2 atom stereocenters. The number of methoxy groups -OCH3 is 2. The molecule has 5 heteroatoms. The maximum atomic E-state index is 11.3. The molecule has 16 heavy (non-hydrogen) atoms. The first-order valence-electron chi connectivity index (χ1n) is 5.21. The average molecular weight is 251 g/mol. The van der Waals surface area contributed by atoms with E-state index >= 15 is 0 Å². The van der Waals surface area contributed by atoms with E-state index in [0.29, 0.717) is 12.3 Å². The molecule has 0 aliphatic carbocycles. The van der Waals surface area contributed by atoms with Crippen molar-refractivity contribution >= 4 is 23.5 Å². The lowest BCUT2D eigenvalue weighted by Gasteiger charge is -2.21. The number of hydrogen-bond acceptors (Lipinski definition) is 4. The molecule has 4 nitrogen and oxygen atoms in total. The van der Waals surface area contributed by atoms with E-state index in [4.69, 9.17) is 11.6 Å². The minimum Gasteiger partial charge on any atom is -0.469 e. The molecule has 0 bridgehead atoms. The third kappa shape index (κ3) is 5.35. The fraction of sp³-hybridized carbons (Fsp3) is 0.818. The van der Waals surface area contributed by atoms with Crippen LogP contribution in [-0.4, -0.2) is 31.5 Å². The Kier molecular flexibility index (Phi) is 7.13. The predicted octanol–water partition coefficient (Wildman–Crippen LogP) is 1.99. The second kappa shape index (κ2) is 7.49. The largest absolute Gasteiger partial charge is 0.469 e. The number of ether oxygens (including phenoxy) is 2. The molecule has 0 aromatic heterocycles. The smallest absolute Gasteiger partial charge is 0.324 e. The van der Waals surface area contributed by atoms with Crippen LogP contribution in [0.2, 0.25) is 0 Å². The molecule has 0 saturated heterocycles. The molecule has 0 aliphatic heterocycles. The van der Waals surface area contributed by atoms with Gasteiger partial charge < -0.3 is 9.47 Å². The zero-order valence-corrected chi connectivity index (χ0v) is 10.9. The predicted molar refractivity (Wildman–Crippen MR) is 61.2 cm³/mol. The Hall–Kier alpha value is -0.770. The summed E-state index contributed by atoms with van der Waals surface area (Å²) in [5.41, 5.74) is 0. The second-order valence-electron chi connectivity index (χ2n) is 4.09. The summed E-state index contributed by atoms with van der Waals surface area (Å²) in [6.45, 7) is 4.01. The van der Waals surface area contributed by atoms with Gasteiger partial charge in [-0.15, -0.1) is 11.6 Å². The van der Waals surface area contributed by atoms with Crippen molar-refractivity contribution in [3.05, 3.63) is 0 Å². The monoisotopic (exact) mass is 250 g/mol. The minimum absolute atomic E-state index is 0.137. The van der Waals surface area contributed by atoms with Gasteiger partial charge in [-0.3, -0.25) is 9.59 Å². The first-order chi connectivity index (χ1) is 7.42. The summed E-state index contributed by atoms with van der Waals surface area (Å²) in [4.78, 5) is 22.5. The van der Waals surface area contributed by atoms with Crippen LogP contribution >= 0.6 is 11.6 Å². The molecule has 0 amide bonds. The highest BCUT2D eigenvalue weighted by Gasteiger charge is 2.29. The van der Waals surface area contributed by atoms with Gasteiger partial charge in [0.05, 0.1) is 20.6 Å². The minimum atomic E-state index is -0.800. The number of halogens is 1. The lowest BCUT2D eigenvalue weighted by atomic mass is 9.91. The first kappa shape index (κ1) is 15.2. The van der Waals surface area contributed by atoms with Crippen LogP contribution in [0.3, 0.4) is 0 Å². The quantitative estimate of drug-likeness (QED) is 0.534. The molecule has 0 N–H and O–H groups in total. The van der Waals surface area contributed by atoms with Crippen LogP contribution in [-0.2, 0) is 19.1 Å². The van der Waals surface area contributed by atoms with E-state index < -0.39 is 11.3 Å². The summed E-state index contributed by atoms with van der Waals surface area (Å²) < 4.78 is 9.14. The van der Waals surface area contributed by atoms with E-state index in [1.54, 1.807) is 0 Å². The van der Waals surface area contributed by atoms with Crippen LogP contribution in [0.25, 0.3) is 0 Å². The molecular formula is C11H19ClO4. The van der Waals surface area contributed by atoms with Gasteiger partial charge in [0.1, 0.15) is 5.38 Å². The molecule has 0 fully saturated rings. The lowest BCUT2D eigenvalue weighted by Crippen LogP contribution is -2.29. The van der Waals surface area contributed by atoms with E-state index in [2.05, 4.69) is 9.47 Å². The Morgan fingerprint density at radius 2 is 1.75 bits per heavy atom. The number of esters is 2. The molecule has 0 saturated carbocycles. The lowest BCUT2D eigenvalue weighted by molar-refractivity contribution is -0.144. The summed E-state index contributed by atoms with van der Waals surface area (Å²) in [6, 6.07) is 0. The Bertz CT molecular complexity index is 240. The Morgan fingerprint density at radius 3 is 2.12 bits per heavy atom. The highest BCUT2D eigenvalue weighted by Crippen LogP contribution is 2.24. The van der Waals surface area contributed by atoms with Crippen LogP contribution in [0.1, 0.15) is 26.7 Å². The van der Waals surface area contributed by atoms with Crippen molar-refractivity contribution in [3.8, 4) is 0 Å². The fourth-order valence-corrected chi connectivity index (χ4v) is 1.80. The van der Waals surface area contributed by atoms with Crippen molar-refractivity contribution in [2.75, 3.05) is 14.2 Å². The maximum absolute atomic E-state index is 11.3. The van der Waals surface area contributed by atoms with Crippen LogP contribution in [0, 0.1) is 11.8 Å². The highest BCUT2D eigenvalue weighted by molar-refractivity contribution is 6.30. The van der Waals surface area contributed by atoms with Crippen molar-refractivity contribution in [3.63, 3.8) is 0 Å². The van der Waals surface area contributed by atoms with Gasteiger partial charge in [-0.25, -0.2) is 0 Å². The first-order valence-corrected chi connectivity index (χ1v) is 5.64. The third-order valence-corrected chi connectivity index (χ3v) is 2.81. The van der Waals surface area contributed by atoms with Crippen LogP contribution in [0.5, 0.6) is 0 Å². The second-order valence-corrected chi connectivity index (χ2v) is 4.57. The van der Waals surface area contributed by atoms with Crippen molar-refractivity contribution < 1.29 is 19.1 Å². The van der Waals surface area contributed by atoms with E-state index in [9.17, 15) is 9.59 Å². The molecule has 0 radical (unpaired) electrons. The standard InChI is InChI=1S/C11H19ClO4/c1-7(2)5-8(6-9(13)15-3)10(12)11(14)16-4/h7-8,10H,5-6H2,1-4H3. The van der Waals surface area contributed by atoms with Crippen molar-refractivity contribution in [2.24, 2.45) is 11.8 Å². The van der Waals surface area contributed by atoms with Gasteiger partial charge in [0, 0.05) is 0 Å². The zero-order valence-electron chi connectivity index (χ0n) is 10.2. The van der Waals surface area contributed by atoms with Crippen LogP contribution in [0.4, 0.5) is 0 Å². The molecule has 2 unspecified atom stereocenters.